The largest absolute Gasteiger partial charge is 0.462 e. The highest BCUT2D eigenvalue weighted by atomic mass is 16.6. The van der Waals surface area contributed by atoms with Gasteiger partial charge in [0.15, 0.2) is 6.10 Å². The highest BCUT2D eigenvalue weighted by molar-refractivity contribution is 5.70. The van der Waals surface area contributed by atoms with Crippen molar-refractivity contribution in [3.63, 3.8) is 0 Å². The van der Waals surface area contributed by atoms with Crippen molar-refractivity contribution in [1.82, 2.24) is 0 Å². The van der Waals surface area contributed by atoms with E-state index >= 15 is 0 Å². The van der Waals surface area contributed by atoms with E-state index in [1.807, 2.05) is 0 Å². The molecule has 5 heteroatoms. The number of esters is 2. The second-order valence-corrected chi connectivity index (χ2v) is 18.1. The fourth-order valence-corrected chi connectivity index (χ4v) is 7.45. The van der Waals surface area contributed by atoms with Gasteiger partial charge in [-0.2, -0.15) is 0 Å². The molecule has 0 saturated carbocycles. The number of allylic oxidation sites excluding steroid dienone is 16. The van der Waals surface area contributed by atoms with E-state index in [-0.39, 0.29) is 25.2 Å². The van der Waals surface area contributed by atoms with E-state index in [1.165, 1.54) is 116 Å². The number of rotatable bonds is 50. The van der Waals surface area contributed by atoms with Gasteiger partial charge in [-0.05, 0) is 116 Å². The maximum Gasteiger partial charge on any atom is 0.306 e. The summed E-state index contributed by atoms with van der Waals surface area (Å²) < 4.78 is 17.4. The zero-order chi connectivity index (χ0) is 47.7. The molecule has 1 unspecified atom stereocenters. The Balaban J connectivity index is 4.33. The van der Waals surface area contributed by atoms with Gasteiger partial charge >= 0.3 is 11.9 Å². The number of unbranched alkanes of at least 4 members (excludes halogenated alkanes) is 23. The van der Waals surface area contributed by atoms with E-state index in [1.54, 1.807) is 0 Å². The first-order valence-electron chi connectivity index (χ1n) is 27.8. The summed E-state index contributed by atoms with van der Waals surface area (Å²) in [7, 11) is 0. The molecule has 0 aromatic carbocycles. The lowest BCUT2D eigenvalue weighted by atomic mass is 10.1. The second-order valence-electron chi connectivity index (χ2n) is 18.1. The molecule has 0 radical (unpaired) electrons. The van der Waals surface area contributed by atoms with E-state index in [0.29, 0.717) is 19.4 Å². The van der Waals surface area contributed by atoms with Crippen molar-refractivity contribution >= 4 is 11.9 Å². The highest BCUT2D eigenvalue weighted by Crippen LogP contribution is 2.14. The zero-order valence-electron chi connectivity index (χ0n) is 43.4. The number of hydrogen-bond donors (Lipinski definition) is 0. The van der Waals surface area contributed by atoms with Crippen molar-refractivity contribution in [3.8, 4) is 0 Å². The topological polar surface area (TPSA) is 61.8 Å². The van der Waals surface area contributed by atoms with Crippen molar-refractivity contribution in [2.24, 2.45) is 0 Å². The van der Waals surface area contributed by atoms with Gasteiger partial charge in [0.1, 0.15) is 6.61 Å². The second kappa shape index (κ2) is 56.1. The monoisotopic (exact) mass is 917 g/mol. The lowest BCUT2D eigenvalue weighted by Gasteiger charge is -2.18. The van der Waals surface area contributed by atoms with Crippen LogP contribution >= 0.6 is 0 Å². The molecule has 0 spiro atoms. The molecule has 378 valence electrons. The Bertz CT molecular complexity index is 1270. The van der Waals surface area contributed by atoms with Crippen molar-refractivity contribution in [2.75, 3.05) is 19.8 Å². The Labute approximate surface area is 409 Å². The molecule has 0 aromatic heterocycles. The third-order valence-electron chi connectivity index (χ3n) is 11.6. The van der Waals surface area contributed by atoms with Crippen LogP contribution in [-0.4, -0.2) is 37.9 Å². The van der Waals surface area contributed by atoms with Gasteiger partial charge < -0.3 is 14.2 Å². The Morgan fingerprint density at radius 1 is 0.348 bits per heavy atom. The Hall–Kier alpha value is -3.18. The van der Waals surface area contributed by atoms with Crippen molar-refractivity contribution in [1.29, 1.82) is 0 Å². The smallest absolute Gasteiger partial charge is 0.306 e. The van der Waals surface area contributed by atoms with E-state index in [0.717, 1.165) is 103 Å². The summed E-state index contributed by atoms with van der Waals surface area (Å²) in [6.07, 6.45) is 75.6. The molecule has 0 rings (SSSR count). The highest BCUT2D eigenvalue weighted by Gasteiger charge is 2.17. The fraction of sp³-hybridized carbons (Fsp3) is 0.705. The van der Waals surface area contributed by atoms with Gasteiger partial charge in [-0.15, -0.1) is 0 Å². The maximum absolute atomic E-state index is 12.8. The average Bonchev–Trinajstić information content (AvgIpc) is 3.32. The average molecular weight is 917 g/mol. The van der Waals surface area contributed by atoms with Gasteiger partial charge in [0.05, 0.1) is 6.61 Å². The summed E-state index contributed by atoms with van der Waals surface area (Å²) in [6, 6.07) is 0. The lowest BCUT2D eigenvalue weighted by Crippen LogP contribution is -2.30. The Morgan fingerprint density at radius 2 is 0.712 bits per heavy atom. The summed E-state index contributed by atoms with van der Waals surface area (Å²) >= 11 is 0. The number of carbonyl (C=O) groups excluding carboxylic acids is 2. The molecular formula is C61H104O5. The molecule has 0 bridgehead atoms. The molecule has 0 aromatic rings. The fourth-order valence-electron chi connectivity index (χ4n) is 7.45. The molecule has 0 fully saturated rings. The van der Waals surface area contributed by atoms with Gasteiger partial charge in [0.25, 0.3) is 0 Å². The SMILES string of the molecule is CC/C=C\C/C=C\C/C=C\C/C=C\CCCCCCC(=O)OC(COCCCCCCCC/C=C\C/C=C\CCC)COC(=O)CCCCCCCCCCC/C=C\C/C=C\CCCCC. The van der Waals surface area contributed by atoms with Gasteiger partial charge in [-0.1, -0.05) is 221 Å². The molecule has 1 atom stereocenters. The van der Waals surface area contributed by atoms with E-state index in [2.05, 4.69) is 118 Å². The molecule has 66 heavy (non-hydrogen) atoms. The van der Waals surface area contributed by atoms with E-state index < -0.39 is 6.10 Å². The Kier molecular flexibility index (Phi) is 53.4. The van der Waals surface area contributed by atoms with Crippen LogP contribution in [0, 0.1) is 0 Å². The van der Waals surface area contributed by atoms with Gasteiger partial charge in [0, 0.05) is 19.4 Å². The first-order valence-corrected chi connectivity index (χ1v) is 27.8. The summed E-state index contributed by atoms with van der Waals surface area (Å²) in [4.78, 5) is 25.5. The predicted molar refractivity (Wildman–Crippen MR) is 288 cm³/mol. The minimum absolute atomic E-state index is 0.0644. The normalized spacial score (nSPS) is 13.0. The van der Waals surface area contributed by atoms with Crippen LogP contribution < -0.4 is 0 Å². The van der Waals surface area contributed by atoms with E-state index in [4.69, 9.17) is 14.2 Å². The third kappa shape index (κ3) is 53.4. The van der Waals surface area contributed by atoms with Crippen LogP contribution in [0.25, 0.3) is 0 Å². The third-order valence-corrected chi connectivity index (χ3v) is 11.6. The van der Waals surface area contributed by atoms with Crippen LogP contribution in [0.5, 0.6) is 0 Å². The van der Waals surface area contributed by atoms with Crippen molar-refractivity contribution in [2.45, 2.75) is 258 Å². The minimum Gasteiger partial charge on any atom is -0.462 e. The van der Waals surface area contributed by atoms with Crippen LogP contribution in [0.3, 0.4) is 0 Å². The van der Waals surface area contributed by atoms with Crippen molar-refractivity contribution in [3.05, 3.63) is 97.2 Å². The standard InChI is InChI=1S/C61H104O5/c1-4-7-10-13-16-19-22-25-28-30-31-33-34-36-39-42-45-48-51-54-60(62)65-58-59(57-64-56-53-50-47-44-41-38-27-24-21-18-15-12-9-6-3)66-61(63)55-52-49-46-43-40-37-35-32-29-26-23-20-17-14-11-8-5-2/h8,11-12,15-17,19-21,24-26,28-29,35,37,59H,4-7,9-10,13-14,18,22-23,27,30-34,36,38-58H2,1-3H3/b11-8-,15-12-,19-16-,20-17-,24-21-,28-25-,29-26-,37-35-. The van der Waals surface area contributed by atoms with E-state index in [9.17, 15) is 9.59 Å². The predicted octanol–water partition coefficient (Wildman–Crippen LogP) is 19.0. The molecule has 0 aliphatic carbocycles. The maximum atomic E-state index is 12.8. The summed E-state index contributed by atoms with van der Waals surface area (Å²) in [5, 5.41) is 0. The first-order chi connectivity index (χ1) is 32.6. The molecular weight excluding hydrogens is 813 g/mol. The number of hydrogen-bond acceptors (Lipinski definition) is 5. The minimum atomic E-state index is -0.562. The molecule has 0 aliphatic rings. The number of ether oxygens (including phenoxy) is 3. The van der Waals surface area contributed by atoms with Crippen LogP contribution in [0.4, 0.5) is 0 Å². The number of carbonyl (C=O) groups is 2. The van der Waals surface area contributed by atoms with Crippen LogP contribution in [-0.2, 0) is 23.8 Å². The summed E-state index contributed by atoms with van der Waals surface area (Å²) in [6.45, 7) is 7.58. The molecule has 5 nitrogen and oxygen atoms in total. The molecule has 0 aliphatic heterocycles. The first kappa shape index (κ1) is 62.8. The zero-order valence-corrected chi connectivity index (χ0v) is 43.4. The lowest BCUT2D eigenvalue weighted by molar-refractivity contribution is -0.163. The van der Waals surface area contributed by atoms with Crippen LogP contribution in [0.1, 0.15) is 252 Å². The molecule has 0 amide bonds. The van der Waals surface area contributed by atoms with Gasteiger partial charge in [-0.3, -0.25) is 9.59 Å². The summed E-state index contributed by atoms with van der Waals surface area (Å²) in [5.74, 6) is -0.435. The quantitative estimate of drug-likeness (QED) is 0.0346. The molecule has 0 N–H and O–H groups in total. The van der Waals surface area contributed by atoms with Crippen LogP contribution in [0.2, 0.25) is 0 Å². The summed E-state index contributed by atoms with van der Waals surface area (Å²) in [5.41, 5.74) is 0. The van der Waals surface area contributed by atoms with Crippen LogP contribution in [0.15, 0.2) is 97.2 Å². The van der Waals surface area contributed by atoms with Gasteiger partial charge in [0.2, 0.25) is 0 Å². The Morgan fingerprint density at radius 3 is 1.15 bits per heavy atom. The van der Waals surface area contributed by atoms with Gasteiger partial charge in [-0.25, -0.2) is 0 Å². The molecule has 0 heterocycles. The van der Waals surface area contributed by atoms with Crippen molar-refractivity contribution < 1.29 is 23.8 Å². The molecule has 0 saturated heterocycles.